The molecule has 0 aliphatic heterocycles. The standard InChI is InChI=1S/C9H10FNO3/c1-14-8-3-5(10)2-6(12)9(8)7(13)4-11/h2-3,12H,4,11H2,1H3. The SMILES string of the molecule is COc1cc(F)cc(O)c1C(=O)CN. The summed E-state index contributed by atoms with van der Waals surface area (Å²) in [4.78, 5) is 11.2. The van der Waals surface area contributed by atoms with E-state index in [4.69, 9.17) is 10.5 Å². The molecule has 0 radical (unpaired) electrons. The van der Waals surface area contributed by atoms with E-state index in [-0.39, 0.29) is 17.9 Å². The van der Waals surface area contributed by atoms with E-state index in [0.29, 0.717) is 0 Å². The first-order valence-electron chi connectivity index (χ1n) is 3.90. The maximum Gasteiger partial charge on any atom is 0.183 e. The number of nitrogens with two attached hydrogens (primary N) is 1. The van der Waals surface area contributed by atoms with E-state index in [1.807, 2.05) is 0 Å². The number of halogens is 1. The zero-order valence-electron chi connectivity index (χ0n) is 7.58. The van der Waals surface area contributed by atoms with E-state index in [1.165, 1.54) is 7.11 Å². The number of ether oxygens (including phenoxy) is 1. The number of hydrogen-bond acceptors (Lipinski definition) is 4. The minimum atomic E-state index is -0.673. The number of hydrogen-bond donors (Lipinski definition) is 2. The summed E-state index contributed by atoms with van der Waals surface area (Å²) in [5, 5.41) is 9.31. The Morgan fingerprint density at radius 1 is 1.64 bits per heavy atom. The molecule has 5 heteroatoms. The van der Waals surface area contributed by atoms with Crippen LogP contribution in [0.25, 0.3) is 0 Å². The van der Waals surface area contributed by atoms with E-state index >= 15 is 0 Å². The van der Waals surface area contributed by atoms with Crippen molar-refractivity contribution in [1.29, 1.82) is 0 Å². The van der Waals surface area contributed by atoms with E-state index in [0.717, 1.165) is 12.1 Å². The molecule has 0 amide bonds. The molecule has 1 rings (SSSR count). The number of benzene rings is 1. The van der Waals surface area contributed by atoms with Gasteiger partial charge in [-0.15, -0.1) is 0 Å². The zero-order valence-corrected chi connectivity index (χ0v) is 7.58. The van der Waals surface area contributed by atoms with Crippen LogP contribution in [0.3, 0.4) is 0 Å². The molecule has 76 valence electrons. The third-order valence-electron chi connectivity index (χ3n) is 1.73. The van der Waals surface area contributed by atoms with Crippen LogP contribution in [0, 0.1) is 5.82 Å². The lowest BCUT2D eigenvalue weighted by atomic mass is 10.1. The van der Waals surface area contributed by atoms with Crippen LogP contribution in [0.15, 0.2) is 12.1 Å². The fourth-order valence-electron chi connectivity index (χ4n) is 1.11. The van der Waals surface area contributed by atoms with Crippen molar-refractivity contribution in [3.05, 3.63) is 23.5 Å². The van der Waals surface area contributed by atoms with Gasteiger partial charge in [-0.05, 0) is 0 Å². The van der Waals surface area contributed by atoms with Crippen molar-refractivity contribution in [1.82, 2.24) is 0 Å². The minimum absolute atomic E-state index is 0.0158. The number of methoxy groups -OCH3 is 1. The van der Waals surface area contributed by atoms with Gasteiger partial charge in [0, 0.05) is 12.1 Å². The summed E-state index contributed by atoms with van der Waals surface area (Å²) >= 11 is 0. The summed E-state index contributed by atoms with van der Waals surface area (Å²) < 4.78 is 17.5. The molecule has 0 saturated heterocycles. The summed E-state index contributed by atoms with van der Waals surface area (Å²) in [5.74, 6) is -1.65. The van der Waals surface area contributed by atoms with E-state index in [1.54, 1.807) is 0 Å². The van der Waals surface area contributed by atoms with Gasteiger partial charge < -0.3 is 15.6 Å². The first kappa shape index (κ1) is 10.5. The summed E-state index contributed by atoms with van der Waals surface area (Å²) in [6.45, 7) is -0.268. The molecule has 0 fully saturated rings. The predicted molar refractivity (Wildman–Crippen MR) is 48.0 cm³/mol. The molecule has 0 spiro atoms. The number of ketones is 1. The average Bonchev–Trinajstić information content (AvgIpc) is 2.15. The van der Waals surface area contributed by atoms with Gasteiger partial charge in [-0.3, -0.25) is 4.79 Å². The van der Waals surface area contributed by atoms with Crippen molar-refractivity contribution in [2.45, 2.75) is 0 Å². The van der Waals surface area contributed by atoms with Gasteiger partial charge in [0.05, 0.1) is 13.7 Å². The van der Waals surface area contributed by atoms with Gasteiger partial charge in [0.15, 0.2) is 5.78 Å². The molecule has 0 atom stereocenters. The van der Waals surface area contributed by atoms with Crippen molar-refractivity contribution < 1.29 is 19.0 Å². The van der Waals surface area contributed by atoms with Crippen molar-refractivity contribution in [2.75, 3.05) is 13.7 Å². The Labute approximate surface area is 80.1 Å². The second kappa shape index (κ2) is 4.06. The Kier molecular flexibility index (Phi) is 3.03. The van der Waals surface area contributed by atoms with E-state index < -0.39 is 17.3 Å². The third kappa shape index (κ3) is 1.82. The van der Waals surface area contributed by atoms with Gasteiger partial charge in [0.1, 0.15) is 22.9 Å². The maximum atomic E-state index is 12.8. The largest absolute Gasteiger partial charge is 0.507 e. The van der Waals surface area contributed by atoms with Gasteiger partial charge in [-0.25, -0.2) is 4.39 Å². The third-order valence-corrected chi connectivity index (χ3v) is 1.73. The lowest BCUT2D eigenvalue weighted by Gasteiger charge is -2.08. The van der Waals surface area contributed by atoms with Crippen LogP contribution >= 0.6 is 0 Å². The molecule has 14 heavy (non-hydrogen) atoms. The molecule has 1 aromatic carbocycles. The quantitative estimate of drug-likeness (QED) is 0.702. The fourth-order valence-corrected chi connectivity index (χ4v) is 1.11. The van der Waals surface area contributed by atoms with E-state index in [2.05, 4.69) is 0 Å². The Hall–Kier alpha value is -1.62. The molecule has 0 bridgehead atoms. The van der Waals surface area contributed by atoms with Crippen LogP contribution in [0.1, 0.15) is 10.4 Å². The second-order valence-electron chi connectivity index (χ2n) is 2.63. The highest BCUT2D eigenvalue weighted by Crippen LogP contribution is 2.29. The Balaban J connectivity index is 3.32. The Bertz CT molecular complexity index is 365. The summed E-state index contributed by atoms with van der Waals surface area (Å²) in [7, 11) is 1.28. The number of carbonyl (C=O) groups is 1. The molecule has 4 nitrogen and oxygen atoms in total. The summed E-state index contributed by atoms with van der Waals surface area (Å²) in [6, 6.07) is 1.86. The Morgan fingerprint density at radius 2 is 2.29 bits per heavy atom. The number of phenols is 1. The maximum absolute atomic E-state index is 12.8. The van der Waals surface area contributed by atoms with Gasteiger partial charge in [-0.2, -0.15) is 0 Å². The first-order valence-corrected chi connectivity index (χ1v) is 3.90. The molecule has 0 heterocycles. The number of phenolic OH excluding ortho intramolecular Hbond substituents is 1. The number of rotatable bonds is 3. The van der Waals surface area contributed by atoms with Crippen LogP contribution in [-0.2, 0) is 0 Å². The highest BCUT2D eigenvalue weighted by Gasteiger charge is 2.17. The lowest BCUT2D eigenvalue weighted by Crippen LogP contribution is -2.15. The molecule has 1 aromatic rings. The van der Waals surface area contributed by atoms with Crippen LogP contribution in [0.5, 0.6) is 11.5 Å². The summed E-state index contributed by atoms with van der Waals surface area (Å²) in [5.41, 5.74) is 5.04. The smallest absolute Gasteiger partial charge is 0.183 e. The van der Waals surface area contributed by atoms with Gasteiger partial charge >= 0.3 is 0 Å². The molecule has 0 saturated carbocycles. The lowest BCUT2D eigenvalue weighted by molar-refractivity contribution is 0.0995. The molecule has 3 N–H and O–H groups in total. The van der Waals surface area contributed by atoms with Gasteiger partial charge in [0.25, 0.3) is 0 Å². The van der Waals surface area contributed by atoms with Crippen molar-refractivity contribution in [3.63, 3.8) is 0 Å². The van der Waals surface area contributed by atoms with Crippen LogP contribution < -0.4 is 10.5 Å². The number of carbonyl (C=O) groups excluding carboxylic acids is 1. The molecular weight excluding hydrogens is 189 g/mol. The molecule has 0 unspecified atom stereocenters. The fraction of sp³-hybridized carbons (Fsp3) is 0.222. The highest BCUT2D eigenvalue weighted by molar-refractivity contribution is 6.02. The molecule has 0 aliphatic rings. The predicted octanol–water partition coefficient (Wildman–Crippen LogP) is 0.681. The van der Waals surface area contributed by atoms with Gasteiger partial charge in [0.2, 0.25) is 0 Å². The van der Waals surface area contributed by atoms with Gasteiger partial charge in [-0.1, -0.05) is 0 Å². The van der Waals surface area contributed by atoms with Crippen LogP contribution in [-0.4, -0.2) is 24.5 Å². The van der Waals surface area contributed by atoms with Crippen molar-refractivity contribution >= 4 is 5.78 Å². The Morgan fingerprint density at radius 3 is 2.79 bits per heavy atom. The van der Waals surface area contributed by atoms with Crippen molar-refractivity contribution in [2.24, 2.45) is 5.73 Å². The molecule has 0 aliphatic carbocycles. The normalized spacial score (nSPS) is 9.93. The topological polar surface area (TPSA) is 72.5 Å². The molecule has 0 aromatic heterocycles. The minimum Gasteiger partial charge on any atom is -0.507 e. The zero-order chi connectivity index (χ0) is 10.7. The molecular formula is C9H10FNO3. The van der Waals surface area contributed by atoms with Crippen LogP contribution in [0.4, 0.5) is 4.39 Å². The van der Waals surface area contributed by atoms with Crippen LogP contribution in [0.2, 0.25) is 0 Å². The number of aromatic hydroxyl groups is 1. The average molecular weight is 199 g/mol. The summed E-state index contributed by atoms with van der Waals surface area (Å²) in [6.07, 6.45) is 0. The highest BCUT2D eigenvalue weighted by atomic mass is 19.1. The first-order chi connectivity index (χ1) is 6.60. The van der Waals surface area contributed by atoms with E-state index in [9.17, 15) is 14.3 Å². The monoisotopic (exact) mass is 199 g/mol. The number of Topliss-reactive ketones (excluding diaryl/α,β-unsaturated/α-hetero) is 1. The van der Waals surface area contributed by atoms with Crippen molar-refractivity contribution in [3.8, 4) is 11.5 Å². The second-order valence-corrected chi connectivity index (χ2v) is 2.63.